The van der Waals surface area contributed by atoms with Crippen LogP contribution in [0.15, 0.2) is 0 Å². The molecule has 2 atom stereocenters. The van der Waals surface area contributed by atoms with Crippen molar-refractivity contribution in [1.82, 2.24) is 4.90 Å². The van der Waals surface area contributed by atoms with Gasteiger partial charge in [-0.15, -0.1) is 0 Å². The molecule has 1 N–H and O–H groups in total. The van der Waals surface area contributed by atoms with Gasteiger partial charge in [0.15, 0.2) is 0 Å². The molecule has 1 aliphatic heterocycles. The quantitative estimate of drug-likeness (QED) is 0.801. The molecule has 1 saturated heterocycles. The molecule has 1 heterocycles. The molecule has 1 aliphatic rings. The number of carboxylic acids is 1. The van der Waals surface area contributed by atoms with Crippen LogP contribution in [0.1, 0.15) is 46.5 Å². The zero-order chi connectivity index (χ0) is 14.6. The number of hydrogen-bond donors (Lipinski definition) is 1. The Balaban J connectivity index is 2.74. The maximum atomic E-state index is 12.3. The van der Waals surface area contributed by atoms with Gasteiger partial charge in [-0.05, 0) is 26.2 Å². The van der Waals surface area contributed by atoms with Gasteiger partial charge in [-0.3, -0.25) is 9.59 Å². The maximum Gasteiger partial charge on any atom is 0.310 e. The minimum Gasteiger partial charge on any atom is -0.481 e. The van der Waals surface area contributed by atoms with Gasteiger partial charge in [0.2, 0.25) is 5.91 Å². The molecule has 1 amide bonds. The third-order valence-electron chi connectivity index (χ3n) is 4.52. The minimum absolute atomic E-state index is 0.0245. The van der Waals surface area contributed by atoms with E-state index < -0.39 is 11.4 Å². The summed E-state index contributed by atoms with van der Waals surface area (Å²) in [5.74, 6) is -0.983. The summed E-state index contributed by atoms with van der Waals surface area (Å²) in [5.41, 5.74) is -0.936. The van der Waals surface area contributed by atoms with E-state index in [1.807, 2.05) is 20.8 Å². The van der Waals surface area contributed by atoms with Crippen molar-refractivity contribution in [3.05, 3.63) is 0 Å². The van der Waals surface area contributed by atoms with Gasteiger partial charge in [-0.25, -0.2) is 0 Å². The Morgan fingerprint density at radius 1 is 1.37 bits per heavy atom. The summed E-state index contributed by atoms with van der Waals surface area (Å²) in [5, 5.41) is 9.38. The summed E-state index contributed by atoms with van der Waals surface area (Å²) in [6.07, 6.45) is 1.84. The molecule has 5 nitrogen and oxygen atoms in total. The van der Waals surface area contributed by atoms with E-state index in [9.17, 15) is 14.7 Å². The number of hydrogen-bond acceptors (Lipinski definition) is 3. The first-order valence-electron chi connectivity index (χ1n) is 6.98. The molecule has 0 aliphatic carbocycles. The highest BCUT2D eigenvalue weighted by molar-refractivity contribution is 5.85. The Kier molecular flexibility index (Phi) is 5.35. The normalized spacial score (nSPS) is 23.4. The molecule has 0 saturated carbocycles. The first-order chi connectivity index (χ1) is 8.88. The Morgan fingerprint density at radius 3 is 2.32 bits per heavy atom. The summed E-state index contributed by atoms with van der Waals surface area (Å²) >= 11 is 0. The molecule has 0 spiro atoms. The van der Waals surface area contributed by atoms with Crippen LogP contribution in [0, 0.1) is 5.41 Å². The summed E-state index contributed by atoms with van der Waals surface area (Å²) < 4.78 is 5.46. The van der Waals surface area contributed by atoms with Crippen LogP contribution in [-0.4, -0.2) is 47.7 Å². The lowest BCUT2D eigenvalue weighted by molar-refractivity contribution is -0.154. The van der Waals surface area contributed by atoms with Gasteiger partial charge in [0.1, 0.15) is 0 Å². The zero-order valence-corrected chi connectivity index (χ0v) is 12.3. The van der Waals surface area contributed by atoms with E-state index in [0.29, 0.717) is 19.4 Å². The van der Waals surface area contributed by atoms with Crippen LogP contribution in [0.5, 0.6) is 0 Å². The Hall–Kier alpha value is -1.10. The lowest BCUT2D eigenvalue weighted by Gasteiger charge is -2.32. The van der Waals surface area contributed by atoms with E-state index in [0.717, 1.165) is 6.42 Å². The molecule has 0 aromatic heterocycles. The minimum atomic E-state index is -0.936. The number of nitrogens with zero attached hydrogens (tertiary/aromatic N) is 1. The fourth-order valence-corrected chi connectivity index (χ4v) is 2.71. The SMILES string of the molecule is CCC(CC)(CC(=O)N(C)C1CCOC1C)C(=O)O. The lowest BCUT2D eigenvalue weighted by Crippen LogP contribution is -2.44. The average molecular weight is 271 g/mol. The number of likely N-dealkylation sites (N-methyl/N-ethyl adjacent to an activating group) is 1. The number of carboxylic acid groups (broad SMARTS) is 1. The Labute approximate surface area is 114 Å². The van der Waals surface area contributed by atoms with Crippen molar-refractivity contribution in [2.24, 2.45) is 5.41 Å². The van der Waals surface area contributed by atoms with Gasteiger partial charge >= 0.3 is 5.97 Å². The van der Waals surface area contributed by atoms with Crippen LogP contribution in [0.3, 0.4) is 0 Å². The molecule has 0 aromatic rings. The third kappa shape index (κ3) is 3.26. The van der Waals surface area contributed by atoms with Crippen LogP contribution in [-0.2, 0) is 14.3 Å². The second-order valence-electron chi connectivity index (χ2n) is 5.41. The number of aliphatic carboxylic acids is 1. The predicted octanol–water partition coefficient (Wildman–Crippen LogP) is 1.90. The Morgan fingerprint density at radius 2 is 1.95 bits per heavy atom. The third-order valence-corrected chi connectivity index (χ3v) is 4.52. The van der Waals surface area contributed by atoms with Crippen LogP contribution < -0.4 is 0 Å². The first kappa shape index (κ1) is 16.0. The van der Waals surface area contributed by atoms with E-state index >= 15 is 0 Å². The highest BCUT2D eigenvalue weighted by Crippen LogP contribution is 2.32. The van der Waals surface area contributed by atoms with Crippen molar-refractivity contribution in [3.63, 3.8) is 0 Å². The molecule has 0 bridgehead atoms. The fourth-order valence-electron chi connectivity index (χ4n) is 2.71. The van der Waals surface area contributed by atoms with Crippen molar-refractivity contribution >= 4 is 11.9 Å². The van der Waals surface area contributed by atoms with E-state index in [4.69, 9.17) is 4.74 Å². The van der Waals surface area contributed by atoms with Crippen LogP contribution in [0.2, 0.25) is 0 Å². The zero-order valence-electron chi connectivity index (χ0n) is 12.3. The van der Waals surface area contributed by atoms with Gasteiger partial charge in [0.25, 0.3) is 0 Å². The van der Waals surface area contributed by atoms with Crippen LogP contribution in [0.25, 0.3) is 0 Å². The van der Waals surface area contributed by atoms with Gasteiger partial charge in [-0.1, -0.05) is 13.8 Å². The van der Waals surface area contributed by atoms with Crippen molar-refractivity contribution in [2.75, 3.05) is 13.7 Å². The van der Waals surface area contributed by atoms with E-state index in [-0.39, 0.29) is 24.5 Å². The van der Waals surface area contributed by atoms with Crippen molar-refractivity contribution in [1.29, 1.82) is 0 Å². The number of rotatable bonds is 6. The second kappa shape index (κ2) is 6.37. The number of carbonyl (C=O) groups is 2. The highest BCUT2D eigenvalue weighted by atomic mass is 16.5. The summed E-state index contributed by atoms with van der Waals surface area (Å²) in [6.45, 7) is 6.26. The van der Waals surface area contributed by atoms with Gasteiger partial charge in [0, 0.05) is 20.1 Å². The van der Waals surface area contributed by atoms with E-state index in [1.165, 1.54) is 0 Å². The van der Waals surface area contributed by atoms with Gasteiger partial charge in [0.05, 0.1) is 17.6 Å². The number of carbonyl (C=O) groups excluding carboxylic acids is 1. The van der Waals surface area contributed by atoms with Crippen molar-refractivity contribution < 1.29 is 19.4 Å². The topological polar surface area (TPSA) is 66.8 Å². The van der Waals surface area contributed by atoms with E-state index in [2.05, 4.69) is 0 Å². The molecule has 19 heavy (non-hydrogen) atoms. The van der Waals surface area contributed by atoms with Crippen molar-refractivity contribution in [3.8, 4) is 0 Å². The summed E-state index contributed by atoms with van der Waals surface area (Å²) in [4.78, 5) is 25.4. The lowest BCUT2D eigenvalue weighted by atomic mass is 9.79. The number of ether oxygens (including phenoxy) is 1. The summed E-state index contributed by atoms with van der Waals surface area (Å²) in [6, 6.07) is 0.0627. The monoisotopic (exact) mass is 271 g/mol. The average Bonchev–Trinajstić information content (AvgIpc) is 2.80. The highest BCUT2D eigenvalue weighted by Gasteiger charge is 2.40. The molecule has 1 fully saturated rings. The molecule has 0 radical (unpaired) electrons. The van der Waals surface area contributed by atoms with Crippen molar-refractivity contribution in [2.45, 2.75) is 58.6 Å². The molecule has 0 aromatic carbocycles. The Bertz CT molecular complexity index is 338. The van der Waals surface area contributed by atoms with E-state index in [1.54, 1.807) is 11.9 Å². The smallest absolute Gasteiger partial charge is 0.310 e. The van der Waals surface area contributed by atoms with Crippen LogP contribution in [0.4, 0.5) is 0 Å². The summed E-state index contributed by atoms with van der Waals surface area (Å²) in [7, 11) is 1.75. The molecule has 1 rings (SSSR count). The molecular formula is C14H25NO4. The standard InChI is InChI=1S/C14H25NO4/c1-5-14(6-2,13(17)18)9-12(16)15(4)11-7-8-19-10(11)3/h10-11H,5-9H2,1-4H3,(H,17,18). The number of amides is 1. The fraction of sp³-hybridized carbons (Fsp3) is 0.857. The molecular weight excluding hydrogens is 246 g/mol. The predicted molar refractivity (Wildman–Crippen MR) is 71.9 cm³/mol. The largest absolute Gasteiger partial charge is 0.481 e. The molecule has 110 valence electrons. The molecule has 5 heteroatoms. The van der Waals surface area contributed by atoms with Crippen LogP contribution >= 0.6 is 0 Å². The first-order valence-corrected chi connectivity index (χ1v) is 6.98. The van der Waals surface area contributed by atoms with Gasteiger partial charge < -0.3 is 14.7 Å². The maximum absolute atomic E-state index is 12.3. The molecule has 2 unspecified atom stereocenters. The van der Waals surface area contributed by atoms with Gasteiger partial charge in [-0.2, -0.15) is 0 Å². The second-order valence-corrected chi connectivity index (χ2v) is 5.41.